The molecule has 1 fully saturated rings. The Morgan fingerprint density at radius 2 is 1.72 bits per heavy atom. The van der Waals surface area contributed by atoms with Crippen molar-refractivity contribution in [3.8, 4) is 16.9 Å². The number of rotatable bonds is 4. The molecule has 1 heterocycles. The van der Waals surface area contributed by atoms with Crippen LogP contribution >= 0.6 is 11.6 Å². The summed E-state index contributed by atoms with van der Waals surface area (Å²) < 4.78 is 1.64. The van der Waals surface area contributed by atoms with Crippen molar-refractivity contribution >= 4 is 29.1 Å². The summed E-state index contributed by atoms with van der Waals surface area (Å²) in [6.45, 7) is 0. The van der Waals surface area contributed by atoms with Crippen molar-refractivity contribution in [2.45, 2.75) is 38.1 Å². The standard InChI is InChI=1S/C22H24ClN5O/c23-16-13-11-15(12-14-16)19-20(26-22(29)25-17-7-3-1-4-8-17)21(24)28(27-19)18-9-5-2-6-10-18/h2,5-6,9-14,17H,1,3-4,7-8,24H2,(H2,25,26,29). The lowest BCUT2D eigenvalue weighted by Crippen LogP contribution is -2.39. The molecule has 150 valence electrons. The fourth-order valence-corrected chi connectivity index (χ4v) is 3.84. The number of nitrogens with one attached hydrogen (secondary N) is 2. The number of anilines is 2. The molecular formula is C22H24ClN5O. The van der Waals surface area contributed by atoms with Gasteiger partial charge in [0.2, 0.25) is 0 Å². The molecule has 6 nitrogen and oxygen atoms in total. The van der Waals surface area contributed by atoms with Crippen LogP contribution in [0.5, 0.6) is 0 Å². The van der Waals surface area contributed by atoms with Gasteiger partial charge in [-0.25, -0.2) is 9.48 Å². The van der Waals surface area contributed by atoms with Gasteiger partial charge in [-0.15, -0.1) is 0 Å². The molecule has 1 aliphatic carbocycles. The summed E-state index contributed by atoms with van der Waals surface area (Å²) in [5, 5.41) is 11.3. The number of nitrogen functional groups attached to an aromatic ring is 1. The van der Waals surface area contributed by atoms with Gasteiger partial charge in [0.05, 0.1) is 5.69 Å². The van der Waals surface area contributed by atoms with Gasteiger partial charge in [0.1, 0.15) is 11.4 Å². The normalized spacial score (nSPS) is 14.5. The summed E-state index contributed by atoms with van der Waals surface area (Å²) in [5.41, 5.74) is 9.15. The molecule has 0 spiro atoms. The fourth-order valence-electron chi connectivity index (χ4n) is 3.71. The third kappa shape index (κ3) is 4.38. The van der Waals surface area contributed by atoms with E-state index in [0.717, 1.165) is 36.9 Å². The molecule has 2 aromatic carbocycles. The Kier molecular flexibility index (Phi) is 5.71. The van der Waals surface area contributed by atoms with Crippen LogP contribution in [0, 0.1) is 0 Å². The average Bonchev–Trinajstić information content (AvgIpc) is 3.06. The van der Waals surface area contributed by atoms with Gasteiger partial charge in [-0.1, -0.05) is 61.2 Å². The van der Waals surface area contributed by atoms with E-state index in [4.69, 9.17) is 17.3 Å². The maximum Gasteiger partial charge on any atom is 0.319 e. The van der Waals surface area contributed by atoms with E-state index in [2.05, 4.69) is 15.7 Å². The molecule has 3 aromatic rings. The number of amides is 2. The molecule has 2 amide bonds. The quantitative estimate of drug-likeness (QED) is 0.551. The van der Waals surface area contributed by atoms with Crippen LogP contribution < -0.4 is 16.4 Å². The monoisotopic (exact) mass is 409 g/mol. The SMILES string of the molecule is Nc1c(NC(=O)NC2CCCCC2)c(-c2ccc(Cl)cc2)nn1-c1ccccc1. The van der Waals surface area contributed by atoms with Gasteiger partial charge in [-0.05, 0) is 37.1 Å². The summed E-state index contributed by atoms with van der Waals surface area (Å²) in [7, 11) is 0. The molecule has 0 bridgehead atoms. The van der Waals surface area contributed by atoms with Crippen molar-refractivity contribution in [3.05, 3.63) is 59.6 Å². The van der Waals surface area contributed by atoms with Gasteiger partial charge in [-0.2, -0.15) is 5.10 Å². The lowest BCUT2D eigenvalue weighted by molar-refractivity contribution is 0.244. The second-order valence-corrected chi connectivity index (χ2v) is 7.73. The highest BCUT2D eigenvalue weighted by atomic mass is 35.5. The minimum atomic E-state index is -0.258. The first-order chi connectivity index (χ1) is 14.1. The smallest absolute Gasteiger partial charge is 0.319 e. The van der Waals surface area contributed by atoms with Crippen LogP contribution in [0.4, 0.5) is 16.3 Å². The first-order valence-electron chi connectivity index (χ1n) is 9.89. The van der Waals surface area contributed by atoms with Crippen LogP contribution in [0.15, 0.2) is 54.6 Å². The summed E-state index contributed by atoms with van der Waals surface area (Å²) in [5.74, 6) is 0.375. The fraction of sp³-hybridized carbons (Fsp3) is 0.273. The average molecular weight is 410 g/mol. The van der Waals surface area contributed by atoms with Crippen LogP contribution in [0.1, 0.15) is 32.1 Å². The molecule has 0 atom stereocenters. The number of benzene rings is 2. The maximum absolute atomic E-state index is 12.7. The lowest BCUT2D eigenvalue weighted by Gasteiger charge is -2.22. The molecular weight excluding hydrogens is 386 g/mol. The Labute approximate surface area is 175 Å². The Balaban J connectivity index is 1.67. The highest BCUT2D eigenvalue weighted by Gasteiger charge is 2.22. The van der Waals surface area contributed by atoms with Gasteiger partial charge >= 0.3 is 6.03 Å². The predicted molar refractivity (Wildman–Crippen MR) is 117 cm³/mol. The molecule has 0 unspecified atom stereocenters. The minimum Gasteiger partial charge on any atom is -0.382 e. The Hall–Kier alpha value is -2.99. The topological polar surface area (TPSA) is 85.0 Å². The number of hydrogen-bond donors (Lipinski definition) is 3. The first kappa shape index (κ1) is 19.3. The molecule has 7 heteroatoms. The number of hydrogen-bond acceptors (Lipinski definition) is 3. The zero-order valence-corrected chi connectivity index (χ0v) is 16.8. The summed E-state index contributed by atoms with van der Waals surface area (Å²) in [6, 6.07) is 16.9. The van der Waals surface area contributed by atoms with E-state index in [-0.39, 0.29) is 12.1 Å². The number of aromatic nitrogens is 2. The number of halogens is 1. The van der Waals surface area contributed by atoms with E-state index in [1.54, 1.807) is 16.8 Å². The molecule has 1 aromatic heterocycles. The number of carbonyl (C=O) groups is 1. The summed E-state index contributed by atoms with van der Waals surface area (Å²) >= 11 is 6.03. The molecule has 0 radical (unpaired) electrons. The van der Waals surface area contributed by atoms with E-state index < -0.39 is 0 Å². The van der Waals surface area contributed by atoms with Gasteiger partial charge < -0.3 is 16.4 Å². The van der Waals surface area contributed by atoms with Crippen LogP contribution in [0.3, 0.4) is 0 Å². The largest absolute Gasteiger partial charge is 0.382 e. The van der Waals surface area contributed by atoms with Crippen molar-refractivity contribution in [2.24, 2.45) is 0 Å². The highest BCUT2D eigenvalue weighted by molar-refractivity contribution is 6.30. The summed E-state index contributed by atoms with van der Waals surface area (Å²) in [4.78, 5) is 12.7. The highest BCUT2D eigenvalue weighted by Crippen LogP contribution is 2.34. The van der Waals surface area contributed by atoms with Crippen molar-refractivity contribution in [3.63, 3.8) is 0 Å². The third-order valence-electron chi connectivity index (χ3n) is 5.22. The summed E-state index contributed by atoms with van der Waals surface area (Å²) in [6.07, 6.45) is 5.55. The second kappa shape index (κ2) is 8.57. The Bertz CT molecular complexity index is 978. The zero-order valence-electron chi connectivity index (χ0n) is 16.1. The van der Waals surface area contributed by atoms with Crippen LogP contribution in [0.25, 0.3) is 16.9 Å². The molecule has 1 saturated carbocycles. The third-order valence-corrected chi connectivity index (χ3v) is 5.47. The van der Waals surface area contributed by atoms with Gasteiger partial charge in [0, 0.05) is 16.6 Å². The van der Waals surface area contributed by atoms with Crippen LogP contribution in [-0.2, 0) is 0 Å². The maximum atomic E-state index is 12.7. The number of para-hydroxylation sites is 1. The molecule has 29 heavy (non-hydrogen) atoms. The first-order valence-corrected chi connectivity index (χ1v) is 10.3. The van der Waals surface area contributed by atoms with E-state index in [9.17, 15) is 4.79 Å². The minimum absolute atomic E-state index is 0.202. The van der Waals surface area contributed by atoms with E-state index in [0.29, 0.717) is 22.2 Å². The van der Waals surface area contributed by atoms with Crippen molar-refractivity contribution in [2.75, 3.05) is 11.1 Å². The van der Waals surface area contributed by atoms with E-state index in [1.807, 2.05) is 42.5 Å². The van der Waals surface area contributed by atoms with Crippen molar-refractivity contribution in [1.29, 1.82) is 0 Å². The number of nitrogens with two attached hydrogens (primary N) is 1. The van der Waals surface area contributed by atoms with E-state index >= 15 is 0 Å². The molecule has 4 N–H and O–H groups in total. The molecule has 0 aliphatic heterocycles. The van der Waals surface area contributed by atoms with Crippen molar-refractivity contribution < 1.29 is 4.79 Å². The predicted octanol–water partition coefficient (Wildman–Crippen LogP) is 5.23. The Morgan fingerprint density at radius 3 is 2.41 bits per heavy atom. The van der Waals surface area contributed by atoms with Gasteiger partial charge in [0.25, 0.3) is 0 Å². The van der Waals surface area contributed by atoms with E-state index in [1.165, 1.54) is 6.42 Å². The zero-order chi connectivity index (χ0) is 20.2. The molecule has 0 saturated heterocycles. The van der Waals surface area contributed by atoms with Crippen LogP contribution in [-0.4, -0.2) is 21.9 Å². The number of carbonyl (C=O) groups excluding carboxylic acids is 1. The molecule has 1 aliphatic rings. The van der Waals surface area contributed by atoms with Gasteiger partial charge in [0.15, 0.2) is 5.82 Å². The number of urea groups is 1. The van der Waals surface area contributed by atoms with Gasteiger partial charge in [-0.3, -0.25) is 0 Å². The number of nitrogens with zero attached hydrogens (tertiary/aromatic N) is 2. The lowest BCUT2D eigenvalue weighted by atomic mass is 9.96. The van der Waals surface area contributed by atoms with Crippen LogP contribution in [0.2, 0.25) is 5.02 Å². The molecule has 4 rings (SSSR count). The second-order valence-electron chi connectivity index (χ2n) is 7.30. The van der Waals surface area contributed by atoms with Crippen molar-refractivity contribution in [1.82, 2.24) is 15.1 Å². The Morgan fingerprint density at radius 1 is 1.03 bits per heavy atom.